The van der Waals surface area contributed by atoms with Gasteiger partial charge in [-0.2, -0.15) is 0 Å². The van der Waals surface area contributed by atoms with E-state index in [-0.39, 0.29) is 5.75 Å². The van der Waals surface area contributed by atoms with E-state index in [0.717, 1.165) is 6.54 Å². The molecule has 0 saturated heterocycles. The molecule has 0 saturated carbocycles. The maximum absolute atomic E-state index is 11.7. The van der Waals surface area contributed by atoms with Gasteiger partial charge in [0.15, 0.2) is 0 Å². The Kier molecular flexibility index (Phi) is 5.72. The number of benzene rings is 1. The summed E-state index contributed by atoms with van der Waals surface area (Å²) in [6.45, 7) is 3.10. The van der Waals surface area contributed by atoms with Gasteiger partial charge in [-0.15, -0.1) is 0 Å². The van der Waals surface area contributed by atoms with Crippen LogP contribution < -0.4 is 10.0 Å². The number of hydrogen-bond acceptors (Lipinski definition) is 3. The molecule has 0 aromatic heterocycles. The second kappa shape index (κ2) is 6.58. The van der Waals surface area contributed by atoms with Crippen LogP contribution in [0.25, 0.3) is 0 Å². The van der Waals surface area contributed by atoms with Gasteiger partial charge in [-0.25, -0.2) is 8.42 Å². The van der Waals surface area contributed by atoms with Crippen LogP contribution in [0.1, 0.15) is 6.92 Å². The van der Waals surface area contributed by atoms with E-state index in [1.165, 1.54) is 0 Å². The number of anilines is 1. The largest absolute Gasteiger partial charge is 0.316 e. The van der Waals surface area contributed by atoms with Crippen LogP contribution in [0.5, 0.6) is 0 Å². The van der Waals surface area contributed by atoms with E-state index in [2.05, 4.69) is 26.0 Å². The fraction of sp³-hybridized carbons (Fsp3) is 0.400. The number of hydrogen-bond donors (Lipinski definition) is 2. The third-order valence-electron chi connectivity index (χ3n) is 1.99. The van der Waals surface area contributed by atoms with E-state index in [9.17, 15) is 8.42 Å². The molecule has 0 amide bonds. The van der Waals surface area contributed by atoms with E-state index >= 15 is 0 Å². The highest BCUT2D eigenvalue weighted by molar-refractivity contribution is 9.10. The van der Waals surface area contributed by atoms with E-state index in [1.54, 1.807) is 18.2 Å². The number of nitrogens with one attached hydrogen (secondary N) is 2. The molecule has 7 heteroatoms. The molecule has 0 aliphatic heterocycles. The van der Waals surface area contributed by atoms with E-state index in [1.807, 2.05) is 6.92 Å². The number of rotatable bonds is 6. The second-order valence-corrected chi connectivity index (χ2v) is 6.53. The topological polar surface area (TPSA) is 58.2 Å². The zero-order valence-corrected chi connectivity index (χ0v) is 12.5. The number of halogens is 2. The van der Waals surface area contributed by atoms with Crippen molar-refractivity contribution >= 4 is 43.2 Å². The summed E-state index contributed by atoms with van der Waals surface area (Å²) in [5.41, 5.74) is 0.492. The molecule has 0 aliphatic carbocycles. The first-order valence-corrected chi connectivity index (χ1v) is 7.93. The minimum atomic E-state index is -3.33. The van der Waals surface area contributed by atoms with Crippen LogP contribution >= 0.6 is 27.5 Å². The molecule has 1 aromatic carbocycles. The molecule has 0 radical (unpaired) electrons. The van der Waals surface area contributed by atoms with Gasteiger partial charge >= 0.3 is 0 Å². The van der Waals surface area contributed by atoms with Crippen molar-refractivity contribution in [2.24, 2.45) is 0 Å². The summed E-state index contributed by atoms with van der Waals surface area (Å²) >= 11 is 9.03. The molecule has 4 nitrogen and oxygen atoms in total. The Morgan fingerprint density at radius 3 is 2.71 bits per heavy atom. The lowest BCUT2D eigenvalue weighted by molar-refractivity contribution is 0.597. The van der Waals surface area contributed by atoms with Crippen molar-refractivity contribution < 1.29 is 8.42 Å². The molecular formula is C10H14BrClN2O2S. The third-order valence-corrected chi connectivity index (χ3v) is 4.16. The van der Waals surface area contributed by atoms with Crippen molar-refractivity contribution in [1.29, 1.82) is 0 Å². The molecule has 1 rings (SSSR count). The molecular weight excluding hydrogens is 328 g/mol. The second-order valence-electron chi connectivity index (χ2n) is 3.40. The van der Waals surface area contributed by atoms with Crippen LogP contribution in [0, 0.1) is 0 Å². The lowest BCUT2D eigenvalue weighted by Crippen LogP contribution is -2.26. The normalized spacial score (nSPS) is 11.5. The Bertz CT molecular complexity index is 479. The van der Waals surface area contributed by atoms with Crippen molar-refractivity contribution in [1.82, 2.24) is 5.32 Å². The standard InChI is InChI=1S/C10H14BrClN2O2S/c1-2-13-5-6-17(15,16)14-10-4-3-8(12)7-9(10)11/h3-4,7,13-14H,2,5-6H2,1H3. The first-order chi connectivity index (χ1) is 7.94. The van der Waals surface area contributed by atoms with Crippen molar-refractivity contribution in [3.05, 3.63) is 27.7 Å². The third kappa shape index (κ3) is 5.25. The van der Waals surface area contributed by atoms with Crippen LogP contribution in [0.2, 0.25) is 5.02 Å². The summed E-state index contributed by atoms with van der Waals surface area (Å²) < 4.78 is 26.5. The fourth-order valence-corrected chi connectivity index (χ4v) is 3.12. The van der Waals surface area contributed by atoms with Crippen LogP contribution in [0.15, 0.2) is 22.7 Å². The lowest BCUT2D eigenvalue weighted by atomic mass is 10.3. The van der Waals surface area contributed by atoms with Crippen LogP contribution in [0.3, 0.4) is 0 Å². The molecule has 1 aromatic rings. The maximum Gasteiger partial charge on any atom is 0.234 e. The van der Waals surface area contributed by atoms with Gasteiger partial charge in [-0.3, -0.25) is 4.72 Å². The van der Waals surface area contributed by atoms with Crippen molar-refractivity contribution in [3.8, 4) is 0 Å². The zero-order chi connectivity index (χ0) is 12.9. The Labute approximate surface area is 115 Å². The average Bonchev–Trinajstić information content (AvgIpc) is 2.22. The highest BCUT2D eigenvalue weighted by atomic mass is 79.9. The summed E-state index contributed by atoms with van der Waals surface area (Å²) in [6, 6.07) is 4.90. The molecule has 17 heavy (non-hydrogen) atoms. The van der Waals surface area contributed by atoms with Crippen LogP contribution in [-0.4, -0.2) is 27.3 Å². The highest BCUT2D eigenvalue weighted by Crippen LogP contribution is 2.26. The van der Waals surface area contributed by atoms with Crippen molar-refractivity contribution in [3.63, 3.8) is 0 Å². The molecule has 0 spiro atoms. The van der Waals surface area contributed by atoms with Crippen molar-refractivity contribution in [2.75, 3.05) is 23.6 Å². The Balaban J connectivity index is 2.69. The fourth-order valence-electron chi connectivity index (χ4n) is 1.17. The first-order valence-electron chi connectivity index (χ1n) is 5.11. The average molecular weight is 342 g/mol. The molecule has 0 atom stereocenters. The van der Waals surface area contributed by atoms with E-state index < -0.39 is 10.0 Å². The van der Waals surface area contributed by atoms with Gasteiger partial charge in [0.2, 0.25) is 10.0 Å². The Morgan fingerprint density at radius 1 is 1.41 bits per heavy atom. The zero-order valence-electron chi connectivity index (χ0n) is 9.33. The summed E-state index contributed by atoms with van der Waals surface area (Å²) in [5.74, 6) is 0.0376. The molecule has 0 aliphatic rings. The molecule has 0 bridgehead atoms. The molecule has 0 heterocycles. The van der Waals surface area contributed by atoms with Gasteiger partial charge in [-0.1, -0.05) is 18.5 Å². The SMILES string of the molecule is CCNCCS(=O)(=O)Nc1ccc(Cl)cc1Br. The van der Waals surface area contributed by atoms with E-state index in [4.69, 9.17) is 11.6 Å². The smallest absolute Gasteiger partial charge is 0.234 e. The summed E-state index contributed by atoms with van der Waals surface area (Å²) in [5, 5.41) is 3.51. The van der Waals surface area contributed by atoms with Gasteiger partial charge in [-0.05, 0) is 40.7 Å². The quantitative estimate of drug-likeness (QED) is 0.781. The predicted molar refractivity (Wildman–Crippen MR) is 75.1 cm³/mol. The predicted octanol–water partition coefficient (Wildman–Crippen LogP) is 2.45. The van der Waals surface area contributed by atoms with E-state index in [0.29, 0.717) is 21.7 Å². The van der Waals surface area contributed by atoms with Gasteiger partial charge in [0.25, 0.3) is 0 Å². The first kappa shape index (κ1) is 14.8. The Hall–Kier alpha value is -0.300. The van der Waals surface area contributed by atoms with Gasteiger partial charge in [0, 0.05) is 16.0 Å². The molecule has 2 N–H and O–H groups in total. The molecule has 0 unspecified atom stereocenters. The van der Waals surface area contributed by atoms with Gasteiger partial charge in [0.1, 0.15) is 0 Å². The maximum atomic E-state index is 11.7. The Morgan fingerprint density at radius 2 is 2.12 bits per heavy atom. The molecule has 0 fully saturated rings. The van der Waals surface area contributed by atoms with Crippen molar-refractivity contribution in [2.45, 2.75) is 6.92 Å². The van der Waals surface area contributed by atoms with Crippen LogP contribution in [0.4, 0.5) is 5.69 Å². The monoisotopic (exact) mass is 340 g/mol. The van der Waals surface area contributed by atoms with Gasteiger partial charge < -0.3 is 5.32 Å². The number of sulfonamides is 1. The summed E-state index contributed by atoms with van der Waals surface area (Å²) in [7, 11) is -3.33. The summed E-state index contributed by atoms with van der Waals surface area (Å²) in [6.07, 6.45) is 0. The van der Waals surface area contributed by atoms with Crippen LogP contribution in [-0.2, 0) is 10.0 Å². The molecule has 96 valence electrons. The highest BCUT2D eigenvalue weighted by Gasteiger charge is 2.11. The minimum absolute atomic E-state index is 0.0376. The summed E-state index contributed by atoms with van der Waals surface area (Å²) in [4.78, 5) is 0. The minimum Gasteiger partial charge on any atom is -0.316 e. The lowest BCUT2D eigenvalue weighted by Gasteiger charge is -2.10. The van der Waals surface area contributed by atoms with Gasteiger partial charge in [0.05, 0.1) is 11.4 Å².